The molecule has 1 amide bonds. The Labute approximate surface area is 176 Å². The highest BCUT2D eigenvalue weighted by molar-refractivity contribution is 5.91. The molecule has 1 N–H and O–H groups in total. The van der Waals surface area contributed by atoms with Gasteiger partial charge < -0.3 is 23.9 Å². The summed E-state index contributed by atoms with van der Waals surface area (Å²) in [6.07, 6.45) is 0. The van der Waals surface area contributed by atoms with Crippen LogP contribution in [0.25, 0.3) is 11.1 Å². The lowest BCUT2D eigenvalue weighted by atomic mass is 10.2. The van der Waals surface area contributed by atoms with Crippen LogP contribution in [-0.2, 0) is 17.9 Å². The first-order valence-corrected chi connectivity index (χ1v) is 9.65. The van der Waals surface area contributed by atoms with Gasteiger partial charge in [0.1, 0.15) is 18.9 Å². The van der Waals surface area contributed by atoms with Gasteiger partial charge in [-0.15, -0.1) is 0 Å². The van der Waals surface area contributed by atoms with Crippen LogP contribution in [0.15, 0.2) is 75.9 Å². The summed E-state index contributed by atoms with van der Waals surface area (Å²) in [5.74, 6) is 1.11. The van der Waals surface area contributed by atoms with Crippen molar-refractivity contribution in [3.05, 3.63) is 82.8 Å². The van der Waals surface area contributed by atoms with E-state index in [9.17, 15) is 9.59 Å². The van der Waals surface area contributed by atoms with E-state index in [0.29, 0.717) is 40.6 Å². The van der Waals surface area contributed by atoms with Gasteiger partial charge in [-0.3, -0.25) is 9.36 Å². The Morgan fingerprint density at radius 1 is 1.00 bits per heavy atom. The first-order valence-electron chi connectivity index (χ1n) is 9.65. The second kappa shape index (κ2) is 7.91. The van der Waals surface area contributed by atoms with Gasteiger partial charge in [0.2, 0.25) is 12.7 Å². The van der Waals surface area contributed by atoms with Crippen LogP contribution in [-0.4, -0.2) is 17.3 Å². The molecule has 1 aliphatic rings. The number of oxazole rings is 1. The topological polar surface area (TPSA) is 91.9 Å². The SMILES string of the molecule is O=C(Cn1c(=O)oc2ccccc21)Nc1cccc(COc2ccc3c(c2)OCO3)c1. The van der Waals surface area contributed by atoms with E-state index in [0.717, 1.165) is 5.56 Å². The quantitative estimate of drug-likeness (QED) is 0.515. The molecule has 0 aliphatic carbocycles. The van der Waals surface area contributed by atoms with Gasteiger partial charge in [0.25, 0.3) is 0 Å². The van der Waals surface area contributed by atoms with Gasteiger partial charge in [0, 0.05) is 11.8 Å². The van der Waals surface area contributed by atoms with E-state index in [1.54, 1.807) is 42.5 Å². The number of benzene rings is 3. The van der Waals surface area contributed by atoms with Gasteiger partial charge in [-0.25, -0.2) is 4.79 Å². The van der Waals surface area contributed by atoms with Crippen LogP contribution in [0, 0.1) is 0 Å². The van der Waals surface area contributed by atoms with E-state index >= 15 is 0 Å². The zero-order valence-corrected chi connectivity index (χ0v) is 16.4. The number of hydrogen-bond donors (Lipinski definition) is 1. The predicted molar refractivity (Wildman–Crippen MR) is 112 cm³/mol. The minimum atomic E-state index is -0.567. The number of hydrogen-bond acceptors (Lipinski definition) is 6. The molecule has 0 spiro atoms. The van der Waals surface area contributed by atoms with Crippen molar-refractivity contribution in [1.82, 2.24) is 4.57 Å². The smallest absolute Gasteiger partial charge is 0.420 e. The van der Waals surface area contributed by atoms with Crippen LogP contribution < -0.4 is 25.3 Å². The van der Waals surface area contributed by atoms with Crippen LogP contribution in [0.1, 0.15) is 5.56 Å². The van der Waals surface area contributed by atoms with E-state index in [1.165, 1.54) is 4.57 Å². The molecule has 0 saturated heterocycles. The van der Waals surface area contributed by atoms with Gasteiger partial charge in [0.05, 0.1) is 5.52 Å². The molecule has 0 radical (unpaired) electrons. The summed E-state index contributed by atoms with van der Waals surface area (Å²) in [6.45, 7) is 0.379. The largest absolute Gasteiger partial charge is 0.489 e. The molecule has 1 aliphatic heterocycles. The summed E-state index contributed by atoms with van der Waals surface area (Å²) in [4.78, 5) is 24.6. The van der Waals surface area contributed by atoms with Gasteiger partial charge in [0.15, 0.2) is 17.1 Å². The molecular formula is C23H18N2O6. The number of rotatable bonds is 6. The fourth-order valence-corrected chi connectivity index (χ4v) is 3.38. The van der Waals surface area contributed by atoms with Crippen LogP contribution >= 0.6 is 0 Å². The molecule has 31 heavy (non-hydrogen) atoms. The highest BCUT2D eigenvalue weighted by Crippen LogP contribution is 2.35. The molecule has 5 rings (SSSR count). The maximum absolute atomic E-state index is 12.5. The number of para-hydroxylation sites is 2. The van der Waals surface area contributed by atoms with Crippen molar-refractivity contribution in [1.29, 1.82) is 0 Å². The highest BCUT2D eigenvalue weighted by atomic mass is 16.7. The maximum Gasteiger partial charge on any atom is 0.420 e. The number of nitrogens with zero attached hydrogens (tertiary/aromatic N) is 1. The molecule has 0 fully saturated rings. The fraction of sp³-hybridized carbons (Fsp3) is 0.130. The van der Waals surface area contributed by atoms with Crippen molar-refractivity contribution in [2.75, 3.05) is 12.1 Å². The zero-order valence-electron chi connectivity index (χ0n) is 16.4. The number of aromatic nitrogens is 1. The summed E-state index contributed by atoms with van der Waals surface area (Å²) >= 11 is 0. The number of carbonyl (C=O) groups excluding carboxylic acids is 1. The van der Waals surface area contributed by atoms with E-state index in [2.05, 4.69) is 5.32 Å². The average Bonchev–Trinajstić information content (AvgIpc) is 3.36. The van der Waals surface area contributed by atoms with Crippen molar-refractivity contribution >= 4 is 22.7 Å². The molecule has 3 aromatic carbocycles. The number of nitrogens with one attached hydrogen (secondary N) is 1. The summed E-state index contributed by atoms with van der Waals surface area (Å²) in [6, 6.07) is 19.7. The molecule has 0 bridgehead atoms. The third-order valence-electron chi connectivity index (χ3n) is 4.84. The van der Waals surface area contributed by atoms with E-state index < -0.39 is 5.76 Å². The Bertz CT molecular complexity index is 1320. The molecule has 8 nitrogen and oxygen atoms in total. The lowest BCUT2D eigenvalue weighted by molar-refractivity contribution is -0.116. The minimum Gasteiger partial charge on any atom is -0.489 e. The first-order chi connectivity index (χ1) is 15.2. The molecule has 1 aromatic heterocycles. The molecule has 0 unspecified atom stereocenters. The Hall–Kier alpha value is -4.20. The van der Waals surface area contributed by atoms with Gasteiger partial charge in [-0.2, -0.15) is 0 Å². The van der Waals surface area contributed by atoms with Crippen LogP contribution in [0.2, 0.25) is 0 Å². The van der Waals surface area contributed by atoms with Gasteiger partial charge in [-0.05, 0) is 42.0 Å². The Kier molecular flexibility index (Phi) is 4.80. The molecule has 0 atom stereocenters. The molecule has 0 saturated carbocycles. The minimum absolute atomic E-state index is 0.145. The number of carbonyl (C=O) groups is 1. The Balaban J connectivity index is 1.24. The Morgan fingerprint density at radius 2 is 1.87 bits per heavy atom. The monoisotopic (exact) mass is 418 g/mol. The highest BCUT2D eigenvalue weighted by Gasteiger charge is 2.14. The van der Waals surface area contributed by atoms with Crippen molar-refractivity contribution in [3.8, 4) is 17.2 Å². The van der Waals surface area contributed by atoms with Gasteiger partial charge in [-0.1, -0.05) is 24.3 Å². The lowest BCUT2D eigenvalue weighted by Gasteiger charge is -2.10. The fourth-order valence-electron chi connectivity index (χ4n) is 3.38. The maximum atomic E-state index is 12.5. The van der Waals surface area contributed by atoms with Crippen LogP contribution in [0.4, 0.5) is 5.69 Å². The Morgan fingerprint density at radius 3 is 2.81 bits per heavy atom. The van der Waals surface area contributed by atoms with E-state index in [4.69, 9.17) is 18.6 Å². The molecular weight excluding hydrogens is 400 g/mol. The second-order valence-corrected chi connectivity index (χ2v) is 6.97. The molecule has 2 heterocycles. The summed E-state index contributed by atoms with van der Waals surface area (Å²) in [5.41, 5.74) is 2.51. The first kappa shape index (κ1) is 18.8. The van der Waals surface area contributed by atoms with Crippen molar-refractivity contribution in [2.24, 2.45) is 0 Å². The van der Waals surface area contributed by atoms with Crippen LogP contribution in [0.5, 0.6) is 17.2 Å². The standard InChI is InChI=1S/C23H18N2O6/c26-22(12-25-18-6-1-2-7-19(18)31-23(25)27)24-16-5-3-4-15(10-16)13-28-17-8-9-20-21(11-17)30-14-29-20/h1-11H,12-14H2,(H,24,26). The average molecular weight is 418 g/mol. The third kappa shape index (κ3) is 3.95. The lowest BCUT2D eigenvalue weighted by Crippen LogP contribution is -2.24. The molecule has 4 aromatic rings. The number of amides is 1. The second-order valence-electron chi connectivity index (χ2n) is 6.97. The van der Waals surface area contributed by atoms with Crippen molar-refractivity contribution < 1.29 is 23.4 Å². The summed E-state index contributed by atoms with van der Waals surface area (Å²) < 4.78 is 22.9. The normalized spacial score (nSPS) is 12.1. The van der Waals surface area contributed by atoms with Crippen molar-refractivity contribution in [2.45, 2.75) is 13.2 Å². The number of ether oxygens (including phenoxy) is 3. The molecule has 156 valence electrons. The third-order valence-corrected chi connectivity index (χ3v) is 4.84. The van der Waals surface area contributed by atoms with Crippen LogP contribution in [0.3, 0.4) is 0 Å². The van der Waals surface area contributed by atoms with Crippen molar-refractivity contribution in [3.63, 3.8) is 0 Å². The zero-order chi connectivity index (χ0) is 21.2. The summed E-state index contributed by atoms with van der Waals surface area (Å²) in [7, 11) is 0. The van der Waals surface area contributed by atoms with E-state index in [1.807, 2.05) is 24.3 Å². The number of fused-ring (bicyclic) bond motifs is 2. The summed E-state index contributed by atoms with van der Waals surface area (Å²) in [5, 5.41) is 2.81. The van der Waals surface area contributed by atoms with Gasteiger partial charge >= 0.3 is 5.76 Å². The number of anilines is 1. The molecule has 8 heteroatoms. The van der Waals surface area contributed by atoms with E-state index in [-0.39, 0.29) is 19.2 Å². The predicted octanol–water partition coefficient (Wildman–Crippen LogP) is 3.54.